The molecule has 0 aromatic carbocycles. The molecule has 0 rings (SSSR count). The first-order chi connectivity index (χ1) is 44.4. The quantitative estimate of drug-likeness (QED) is 0.0222. The number of carbonyl (C=O) groups excluding carboxylic acids is 4. The van der Waals surface area contributed by atoms with Crippen molar-refractivity contribution in [3.05, 3.63) is 0 Å². The fourth-order valence-corrected chi connectivity index (χ4v) is 12.7. The van der Waals surface area contributed by atoms with E-state index in [0.717, 1.165) is 102 Å². The van der Waals surface area contributed by atoms with Crippen LogP contribution in [0.1, 0.15) is 375 Å². The van der Waals surface area contributed by atoms with Gasteiger partial charge in [0.1, 0.15) is 19.3 Å². The third-order valence-electron chi connectivity index (χ3n) is 17.3. The van der Waals surface area contributed by atoms with Crippen LogP contribution in [0.15, 0.2) is 0 Å². The van der Waals surface area contributed by atoms with Gasteiger partial charge in [0.15, 0.2) is 12.2 Å². The van der Waals surface area contributed by atoms with Gasteiger partial charge < -0.3 is 33.8 Å². The minimum atomic E-state index is -4.95. The van der Waals surface area contributed by atoms with E-state index in [-0.39, 0.29) is 25.7 Å². The molecule has 0 bridgehead atoms. The zero-order valence-corrected chi connectivity index (χ0v) is 61.6. The molecule has 0 radical (unpaired) electrons. The van der Waals surface area contributed by atoms with E-state index in [4.69, 9.17) is 37.0 Å². The Balaban J connectivity index is 5.25. The lowest BCUT2D eigenvalue weighted by Gasteiger charge is -2.21. The van der Waals surface area contributed by atoms with Crippen molar-refractivity contribution < 1.29 is 80.2 Å². The van der Waals surface area contributed by atoms with Gasteiger partial charge in [-0.05, 0) is 37.5 Å². The topological polar surface area (TPSA) is 237 Å². The van der Waals surface area contributed by atoms with Crippen molar-refractivity contribution in [2.75, 3.05) is 39.6 Å². The van der Waals surface area contributed by atoms with Crippen molar-refractivity contribution >= 4 is 39.5 Å². The molecule has 3 N–H and O–H groups in total. The Morgan fingerprint density at radius 1 is 0.315 bits per heavy atom. The minimum Gasteiger partial charge on any atom is -0.462 e. The van der Waals surface area contributed by atoms with Gasteiger partial charge in [0.25, 0.3) is 0 Å². The van der Waals surface area contributed by atoms with Crippen molar-refractivity contribution in [3.8, 4) is 0 Å². The maximum Gasteiger partial charge on any atom is 0.472 e. The van der Waals surface area contributed by atoms with E-state index < -0.39 is 97.5 Å². The molecule has 0 amide bonds. The summed E-state index contributed by atoms with van der Waals surface area (Å²) in [5.41, 5.74) is 0. The molecule has 0 aromatic rings. The Morgan fingerprint density at radius 3 is 0.826 bits per heavy atom. The summed E-state index contributed by atoms with van der Waals surface area (Å²) in [5, 5.41) is 10.6. The molecule has 6 atom stereocenters. The average molecular weight is 1350 g/mol. The number of rotatable bonds is 72. The number of aliphatic hydroxyl groups excluding tert-OH is 1. The van der Waals surface area contributed by atoms with Crippen LogP contribution in [0.25, 0.3) is 0 Å². The highest BCUT2D eigenvalue weighted by atomic mass is 31.2. The molecule has 92 heavy (non-hydrogen) atoms. The monoisotopic (exact) mass is 1350 g/mol. The maximum atomic E-state index is 13.1. The van der Waals surface area contributed by atoms with Crippen LogP contribution < -0.4 is 0 Å². The zero-order chi connectivity index (χ0) is 67.9. The Hall–Kier alpha value is -1.94. The molecule has 0 aliphatic rings. The van der Waals surface area contributed by atoms with Gasteiger partial charge in [-0.15, -0.1) is 0 Å². The molecule has 0 saturated heterocycles. The van der Waals surface area contributed by atoms with Crippen molar-refractivity contribution in [1.29, 1.82) is 0 Å². The molecular weight excluding hydrogens is 1210 g/mol. The largest absolute Gasteiger partial charge is 0.472 e. The van der Waals surface area contributed by atoms with E-state index >= 15 is 0 Å². The van der Waals surface area contributed by atoms with E-state index in [1.54, 1.807) is 0 Å². The van der Waals surface area contributed by atoms with Crippen LogP contribution in [0.3, 0.4) is 0 Å². The minimum absolute atomic E-state index is 0.107. The summed E-state index contributed by atoms with van der Waals surface area (Å²) in [6, 6.07) is 0. The number of hydrogen-bond donors (Lipinski definition) is 3. The van der Waals surface area contributed by atoms with E-state index in [9.17, 15) is 43.2 Å². The second-order valence-corrected chi connectivity index (χ2v) is 30.0. The normalized spacial score (nSPS) is 14.4. The molecular formula is C73H142O17P2. The standard InChI is InChI=1S/C73H142O17P2/c1-7-10-12-14-16-18-19-20-21-25-33-39-45-51-57-72(77)89-68(61-83-70(75)55-49-43-37-29-17-15-13-11-8-2)63-87-91(79,80)85-59-67(74)60-86-92(81,82)88-64-69(62-84-71(76)56-50-44-38-32-28-27-31-36-42-48-54-66(6)9-3)90-73(78)58-52-46-40-34-26-23-22-24-30-35-41-47-53-65(4)5/h65-69,74H,7-64H2,1-6H3,(H,79,80)(H,81,82)/t66?,67-,68+,69+/m0/s1. The van der Waals surface area contributed by atoms with E-state index in [1.807, 2.05) is 0 Å². The summed E-state index contributed by atoms with van der Waals surface area (Å²) in [7, 11) is -9.90. The van der Waals surface area contributed by atoms with Crippen LogP contribution in [0.5, 0.6) is 0 Å². The molecule has 0 aliphatic heterocycles. The number of esters is 4. The lowest BCUT2D eigenvalue weighted by Crippen LogP contribution is -2.30. The molecule has 546 valence electrons. The van der Waals surface area contributed by atoms with Gasteiger partial charge in [0.05, 0.1) is 26.4 Å². The van der Waals surface area contributed by atoms with Gasteiger partial charge in [0, 0.05) is 25.7 Å². The summed E-state index contributed by atoms with van der Waals surface area (Å²) in [5.74, 6) is -0.533. The van der Waals surface area contributed by atoms with Crippen LogP contribution in [0.2, 0.25) is 0 Å². The van der Waals surface area contributed by atoms with Crippen molar-refractivity contribution in [1.82, 2.24) is 0 Å². The highest BCUT2D eigenvalue weighted by Crippen LogP contribution is 2.45. The van der Waals surface area contributed by atoms with Crippen LogP contribution >= 0.6 is 15.6 Å². The number of ether oxygens (including phenoxy) is 4. The highest BCUT2D eigenvalue weighted by molar-refractivity contribution is 7.47. The Bertz CT molecular complexity index is 1790. The average Bonchev–Trinajstić information content (AvgIpc) is 1.88. The van der Waals surface area contributed by atoms with Gasteiger partial charge in [-0.25, -0.2) is 9.13 Å². The van der Waals surface area contributed by atoms with Gasteiger partial charge in [0.2, 0.25) is 0 Å². The van der Waals surface area contributed by atoms with Crippen molar-refractivity contribution in [2.45, 2.75) is 394 Å². The molecule has 0 spiro atoms. The SMILES string of the molecule is CCCCCCCCCCCCCCCCC(=O)O[C@H](COC(=O)CCCCCCCCCCC)COP(=O)(O)OC[C@H](O)COP(=O)(O)OC[C@@H](COC(=O)CCCCCCCCCCCCC(C)CC)OC(=O)CCCCCCCCCCCCCCC(C)C. The summed E-state index contributed by atoms with van der Waals surface area (Å²) in [6.45, 7) is 9.60. The van der Waals surface area contributed by atoms with Gasteiger partial charge in [-0.2, -0.15) is 0 Å². The second-order valence-electron chi connectivity index (χ2n) is 27.1. The first-order valence-electron chi connectivity index (χ1n) is 38.0. The van der Waals surface area contributed by atoms with E-state index in [1.165, 1.54) is 193 Å². The molecule has 0 heterocycles. The van der Waals surface area contributed by atoms with Gasteiger partial charge in [-0.1, -0.05) is 324 Å². The third-order valence-corrected chi connectivity index (χ3v) is 19.2. The van der Waals surface area contributed by atoms with Crippen molar-refractivity contribution in [2.24, 2.45) is 11.8 Å². The predicted molar refractivity (Wildman–Crippen MR) is 372 cm³/mol. The van der Waals surface area contributed by atoms with E-state index in [2.05, 4.69) is 41.5 Å². The number of aliphatic hydroxyl groups is 1. The first kappa shape index (κ1) is 90.1. The van der Waals surface area contributed by atoms with Crippen LogP contribution in [0.4, 0.5) is 0 Å². The lowest BCUT2D eigenvalue weighted by atomic mass is 9.99. The molecule has 0 aliphatic carbocycles. The zero-order valence-electron chi connectivity index (χ0n) is 59.9. The molecule has 0 aromatic heterocycles. The molecule has 0 fully saturated rings. The van der Waals surface area contributed by atoms with E-state index in [0.29, 0.717) is 25.7 Å². The molecule has 0 saturated carbocycles. The Labute approximate surface area is 562 Å². The highest BCUT2D eigenvalue weighted by Gasteiger charge is 2.30. The third kappa shape index (κ3) is 65.4. The summed E-state index contributed by atoms with van der Waals surface area (Å²) >= 11 is 0. The Kier molecular flexibility index (Phi) is 63.7. The Morgan fingerprint density at radius 2 is 0.554 bits per heavy atom. The molecule has 17 nitrogen and oxygen atoms in total. The second kappa shape index (κ2) is 65.0. The fourth-order valence-electron chi connectivity index (χ4n) is 11.1. The first-order valence-corrected chi connectivity index (χ1v) is 41.0. The molecule has 3 unspecified atom stereocenters. The van der Waals surface area contributed by atoms with Crippen LogP contribution in [0, 0.1) is 11.8 Å². The van der Waals surface area contributed by atoms with Crippen molar-refractivity contribution in [3.63, 3.8) is 0 Å². The van der Waals surface area contributed by atoms with Gasteiger partial charge >= 0.3 is 39.5 Å². The maximum absolute atomic E-state index is 13.1. The van der Waals surface area contributed by atoms with Gasteiger partial charge in [-0.3, -0.25) is 37.3 Å². The number of carbonyl (C=O) groups is 4. The number of hydrogen-bond acceptors (Lipinski definition) is 15. The van der Waals surface area contributed by atoms with Crippen LogP contribution in [-0.4, -0.2) is 96.7 Å². The summed E-state index contributed by atoms with van der Waals surface area (Å²) in [6.07, 6.45) is 51.1. The molecule has 19 heteroatoms. The lowest BCUT2D eigenvalue weighted by molar-refractivity contribution is -0.161. The predicted octanol–water partition coefficient (Wildman–Crippen LogP) is 21.2. The summed E-state index contributed by atoms with van der Waals surface area (Å²) in [4.78, 5) is 72.7. The van der Waals surface area contributed by atoms with Crippen LogP contribution in [-0.2, 0) is 65.4 Å². The number of phosphoric acid groups is 2. The number of phosphoric ester groups is 2. The fraction of sp³-hybridized carbons (Fsp3) is 0.945. The smallest absolute Gasteiger partial charge is 0.462 e. The number of unbranched alkanes of at least 4 members (excludes halogenated alkanes) is 41. The summed E-state index contributed by atoms with van der Waals surface area (Å²) < 4.78 is 68.4.